The number of rotatable bonds is 8. The molecule has 2 unspecified atom stereocenters. The van der Waals surface area contributed by atoms with Gasteiger partial charge in [0.2, 0.25) is 5.91 Å². The molecule has 0 aliphatic heterocycles. The number of hydrogen-bond acceptors (Lipinski definition) is 4. The molecule has 1 aromatic heterocycles. The van der Waals surface area contributed by atoms with Crippen LogP contribution in [0.25, 0.3) is 6.08 Å². The molecule has 6 nitrogen and oxygen atoms in total. The number of benzene rings is 1. The minimum absolute atomic E-state index is 0.0449. The molecule has 1 amide bonds. The maximum absolute atomic E-state index is 14.3. The van der Waals surface area contributed by atoms with Gasteiger partial charge in [0, 0.05) is 30.1 Å². The highest BCUT2D eigenvalue weighted by atomic mass is 32.2. The van der Waals surface area contributed by atoms with Gasteiger partial charge < -0.3 is 14.2 Å². The Morgan fingerprint density at radius 3 is 2.39 bits per heavy atom. The SMILES string of the molecule is CCCc1nc(C(F)(F)F)ccc1C=CC(=O)NC(C)c1cc(F)c(N(C)S(=O)[O-])c(F)c1. The molecule has 180 valence electrons. The first-order valence-electron chi connectivity index (χ1n) is 9.72. The molecule has 0 spiro atoms. The van der Waals surface area contributed by atoms with E-state index in [2.05, 4.69) is 10.3 Å². The van der Waals surface area contributed by atoms with Crippen molar-refractivity contribution in [3.63, 3.8) is 0 Å². The zero-order chi connectivity index (χ0) is 24.9. The number of nitrogens with one attached hydrogen (secondary N) is 1. The molecular weight excluding hydrogens is 469 g/mol. The third-order valence-corrected chi connectivity index (χ3v) is 5.27. The lowest BCUT2D eigenvalue weighted by Gasteiger charge is -2.23. The molecule has 33 heavy (non-hydrogen) atoms. The van der Waals surface area contributed by atoms with Crippen molar-refractivity contribution in [2.45, 2.75) is 38.9 Å². The van der Waals surface area contributed by atoms with Crippen LogP contribution >= 0.6 is 0 Å². The molecule has 0 saturated heterocycles. The van der Waals surface area contributed by atoms with Crippen LogP contribution in [0.15, 0.2) is 30.3 Å². The lowest BCUT2D eigenvalue weighted by atomic mass is 10.1. The number of carbonyl (C=O) groups excluding carboxylic acids is 1. The molecule has 0 saturated carbocycles. The molecular formula is C21H21F5N3O3S-. The van der Waals surface area contributed by atoms with E-state index in [4.69, 9.17) is 0 Å². The standard InChI is InChI=1S/C21H22F5N3O3S/c1-4-5-17-13(6-8-18(28-17)21(24,25)26)7-9-19(30)27-12(2)14-10-15(22)20(16(23)11-14)29(3)33(31)32/h6-12H,4-5H2,1-3H3,(H,27,30)(H,31,32)/p-1. The van der Waals surface area contributed by atoms with Crippen molar-refractivity contribution in [3.8, 4) is 0 Å². The summed E-state index contributed by atoms with van der Waals surface area (Å²) in [6, 6.07) is 2.97. The summed E-state index contributed by atoms with van der Waals surface area (Å²) in [7, 11) is 0.975. The summed E-state index contributed by atoms with van der Waals surface area (Å²) in [5, 5.41) is 2.48. The van der Waals surface area contributed by atoms with Crippen LogP contribution in [0, 0.1) is 11.6 Å². The van der Waals surface area contributed by atoms with Gasteiger partial charge in [-0.05, 0) is 48.7 Å². The highest BCUT2D eigenvalue weighted by Gasteiger charge is 2.32. The molecule has 0 aliphatic rings. The molecule has 1 heterocycles. The highest BCUT2D eigenvalue weighted by molar-refractivity contribution is 7.80. The predicted octanol–water partition coefficient (Wildman–Crippen LogP) is 4.45. The number of nitrogens with zero attached hydrogens (tertiary/aromatic N) is 2. The fourth-order valence-corrected chi connectivity index (χ4v) is 3.30. The second-order valence-corrected chi connectivity index (χ2v) is 8.07. The summed E-state index contributed by atoms with van der Waals surface area (Å²) in [6.45, 7) is 3.23. The van der Waals surface area contributed by atoms with Gasteiger partial charge >= 0.3 is 6.18 Å². The Morgan fingerprint density at radius 1 is 1.27 bits per heavy atom. The van der Waals surface area contributed by atoms with Crippen molar-refractivity contribution in [1.29, 1.82) is 0 Å². The molecule has 0 aliphatic carbocycles. The van der Waals surface area contributed by atoms with Crippen LogP contribution in [0.2, 0.25) is 0 Å². The second kappa shape index (κ2) is 10.8. The predicted molar refractivity (Wildman–Crippen MR) is 113 cm³/mol. The van der Waals surface area contributed by atoms with Gasteiger partial charge in [-0.2, -0.15) is 13.2 Å². The molecule has 0 bridgehead atoms. The Bertz CT molecular complexity index is 1050. The highest BCUT2D eigenvalue weighted by Crippen LogP contribution is 2.29. The number of aryl methyl sites for hydroxylation is 1. The summed E-state index contributed by atoms with van der Waals surface area (Å²) in [6.07, 6.45) is -1.39. The minimum atomic E-state index is -4.59. The van der Waals surface area contributed by atoms with Crippen LogP contribution in [-0.4, -0.2) is 26.7 Å². The van der Waals surface area contributed by atoms with Crippen molar-refractivity contribution < 1.29 is 35.5 Å². The lowest BCUT2D eigenvalue weighted by Crippen LogP contribution is -2.26. The third kappa shape index (κ3) is 6.81. The lowest BCUT2D eigenvalue weighted by molar-refractivity contribution is -0.141. The van der Waals surface area contributed by atoms with Crippen LogP contribution in [0.3, 0.4) is 0 Å². The molecule has 2 aromatic rings. The second-order valence-electron chi connectivity index (χ2n) is 7.09. The van der Waals surface area contributed by atoms with Gasteiger partial charge in [-0.1, -0.05) is 19.4 Å². The quantitative estimate of drug-likeness (QED) is 0.337. The maximum Gasteiger partial charge on any atom is 0.433 e. The number of halogens is 5. The number of amides is 1. The Kier molecular flexibility index (Phi) is 8.67. The zero-order valence-electron chi connectivity index (χ0n) is 17.9. The van der Waals surface area contributed by atoms with Gasteiger partial charge in [-0.3, -0.25) is 9.00 Å². The molecule has 0 fully saturated rings. The van der Waals surface area contributed by atoms with Gasteiger partial charge in [0.25, 0.3) is 0 Å². The minimum Gasteiger partial charge on any atom is -0.755 e. The van der Waals surface area contributed by atoms with Crippen LogP contribution in [0.1, 0.15) is 48.8 Å². The van der Waals surface area contributed by atoms with Gasteiger partial charge in [-0.25, -0.2) is 13.8 Å². The summed E-state index contributed by atoms with van der Waals surface area (Å²) in [5.74, 6) is -2.92. The molecule has 1 aromatic carbocycles. The van der Waals surface area contributed by atoms with E-state index in [0.29, 0.717) is 16.3 Å². The van der Waals surface area contributed by atoms with Gasteiger partial charge in [-0.15, -0.1) is 0 Å². The number of alkyl halides is 3. The van der Waals surface area contributed by atoms with Crippen LogP contribution < -0.4 is 9.62 Å². The van der Waals surface area contributed by atoms with Crippen LogP contribution in [-0.2, 0) is 28.7 Å². The molecule has 2 rings (SSSR count). The first-order valence-corrected chi connectivity index (χ1v) is 10.8. The van der Waals surface area contributed by atoms with E-state index >= 15 is 0 Å². The fraction of sp³-hybridized carbons (Fsp3) is 0.333. The van der Waals surface area contributed by atoms with Gasteiger partial charge in [0.05, 0.1) is 6.04 Å². The van der Waals surface area contributed by atoms with Crippen molar-refractivity contribution in [3.05, 3.63) is 64.5 Å². The Balaban J connectivity index is 2.18. The van der Waals surface area contributed by atoms with E-state index in [1.165, 1.54) is 19.1 Å². The summed E-state index contributed by atoms with van der Waals surface area (Å²) < 4.78 is 89.5. The number of hydrogen-bond donors (Lipinski definition) is 1. The normalized spacial score (nSPS) is 13.7. The van der Waals surface area contributed by atoms with Crippen molar-refractivity contribution in [1.82, 2.24) is 10.3 Å². The summed E-state index contributed by atoms with van der Waals surface area (Å²) in [4.78, 5) is 15.9. The Labute approximate surface area is 189 Å². The molecule has 12 heteroatoms. The summed E-state index contributed by atoms with van der Waals surface area (Å²) >= 11 is -2.88. The molecule has 0 radical (unpaired) electrons. The number of anilines is 1. The monoisotopic (exact) mass is 490 g/mol. The number of carbonyl (C=O) groups is 1. The van der Waals surface area contributed by atoms with E-state index in [1.807, 2.05) is 0 Å². The summed E-state index contributed by atoms with van der Waals surface area (Å²) in [5.41, 5.74) is -1.22. The number of aromatic nitrogens is 1. The van der Waals surface area contributed by atoms with Crippen LogP contribution in [0.5, 0.6) is 0 Å². The fourth-order valence-electron chi connectivity index (χ4n) is 2.98. The average molecular weight is 490 g/mol. The van der Waals surface area contributed by atoms with Gasteiger partial charge in [0.15, 0.2) is 11.6 Å². The van der Waals surface area contributed by atoms with Crippen molar-refractivity contribution >= 4 is 28.9 Å². The smallest absolute Gasteiger partial charge is 0.433 e. The number of pyridine rings is 1. The topological polar surface area (TPSA) is 85.4 Å². The van der Waals surface area contributed by atoms with Crippen molar-refractivity contribution in [2.24, 2.45) is 0 Å². The Hall–Kier alpha value is -2.86. The first kappa shape index (κ1) is 26.4. The van der Waals surface area contributed by atoms with E-state index in [-0.39, 0.29) is 17.7 Å². The van der Waals surface area contributed by atoms with E-state index in [1.54, 1.807) is 6.92 Å². The van der Waals surface area contributed by atoms with E-state index in [0.717, 1.165) is 31.3 Å². The molecule has 2 atom stereocenters. The maximum atomic E-state index is 14.3. The third-order valence-electron chi connectivity index (χ3n) is 4.64. The van der Waals surface area contributed by atoms with E-state index < -0.39 is 52.4 Å². The zero-order valence-corrected chi connectivity index (χ0v) is 18.7. The molecule has 1 N–H and O–H groups in total. The first-order chi connectivity index (χ1) is 15.3. The van der Waals surface area contributed by atoms with Crippen LogP contribution in [0.4, 0.5) is 27.6 Å². The largest absolute Gasteiger partial charge is 0.755 e. The Morgan fingerprint density at radius 2 is 1.88 bits per heavy atom. The van der Waals surface area contributed by atoms with Crippen molar-refractivity contribution in [2.75, 3.05) is 11.4 Å². The van der Waals surface area contributed by atoms with E-state index in [9.17, 15) is 35.5 Å². The van der Waals surface area contributed by atoms with Gasteiger partial charge in [0.1, 0.15) is 11.4 Å². The average Bonchev–Trinajstić information content (AvgIpc) is 2.71.